The first-order valence-corrected chi connectivity index (χ1v) is 8.99. The van der Waals surface area contributed by atoms with Crippen LogP contribution in [0.15, 0.2) is 30.3 Å². The largest absolute Gasteiger partial charge is 0.445 e. The summed E-state index contributed by atoms with van der Waals surface area (Å²) >= 11 is 0. The Bertz CT molecular complexity index is 509. The molecule has 0 aromatic heterocycles. The number of nitrogens with one attached hydrogen (secondary N) is 1. The normalized spacial score (nSPS) is 27.2. The first-order chi connectivity index (χ1) is 11.7. The van der Waals surface area contributed by atoms with Gasteiger partial charge in [-0.25, -0.2) is 4.79 Å². The first-order valence-electron chi connectivity index (χ1n) is 8.99. The Morgan fingerprint density at radius 1 is 1.17 bits per heavy atom. The van der Waals surface area contributed by atoms with Gasteiger partial charge in [-0.1, -0.05) is 30.3 Å². The third kappa shape index (κ3) is 4.71. The Morgan fingerprint density at radius 2 is 1.92 bits per heavy atom. The highest BCUT2D eigenvalue weighted by Gasteiger charge is 2.30. The molecule has 2 aliphatic rings. The first kappa shape index (κ1) is 17.2. The lowest BCUT2D eigenvalue weighted by Gasteiger charge is -2.37. The van der Waals surface area contributed by atoms with E-state index in [1.807, 2.05) is 30.3 Å². The number of alkyl carbamates (subject to hydrolysis) is 1. The van der Waals surface area contributed by atoms with Gasteiger partial charge in [-0.3, -0.25) is 4.90 Å². The summed E-state index contributed by atoms with van der Waals surface area (Å²) < 4.78 is 10.8. The van der Waals surface area contributed by atoms with Crippen LogP contribution in [-0.4, -0.2) is 49.4 Å². The molecule has 5 nitrogen and oxygen atoms in total. The molecule has 0 bridgehead atoms. The average molecular weight is 332 g/mol. The van der Waals surface area contributed by atoms with Gasteiger partial charge < -0.3 is 14.8 Å². The second kappa shape index (κ2) is 8.49. The summed E-state index contributed by atoms with van der Waals surface area (Å²) in [5.74, 6) is 0. The highest BCUT2D eigenvalue weighted by Crippen LogP contribution is 2.25. The zero-order valence-corrected chi connectivity index (χ0v) is 14.4. The molecule has 1 N–H and O–H groups in total. The van der Waals surface area contributed by atoms with Crippen LogP contribution in [0.25, 0.3) is 0 Å². The van der Waals surface area contributed by atoms with Crippen LogP contribution in [0.3, 0.4) is 0 Å². The molecule has 1 aliphatic heterocycles. The molecule has 1 saturated heterocycles. The van der Waals surface area contributed by atoms with Gasteiger partial charge in [-0.2, -0.15) is 0 Å². The molecule has 0 unspecified atom stereocenters. The van der Waals surface area contributed by atoms with Gasteiger partial charge in [-0.15, -0.1) is 0 Å². The van der Waals surface area contributed by atoms with E-state index in [2.05, 4.69) is 17.3 Å². The highest BCUT2D eigenvalue weighted by atomic mass is 16.5. The van der Waals surface area contributed by atoms with E-state index in [1.54, 1.807) is 0 Å². The Kier molecular flexibility index (Phi) is 6.10. The number of hydrogen-bond donors (Lipinski definition) is 1. The van der Waals surface area contributed by atoms with E-state index in [0.29, 0.717) is 18.7 Å². The fraction of sp³-hybridized carbons (Fsp3) is 0.632. The molecular formula is C19H28N2O3. The molecule has 1 aliphatic carbocycles. The molecule has 5 heteroatoms. The second-order valence-electron chi connectivity index (χ2n) is 6.89. The number of nitrogens with zero attached hydrogens (tertiary/aromatic N) is 1. The monoisotopic (exact) mass is 332 g/mol. The maximum atomic E-state index is 11.9. The smallest absolute Gasteiger partial charge is 0.407 e. The third-order valence-corrected chi connectivity index (χ3v) is 5.29. The fourth-order valence-electron chi connectivity index (χ4n) is 3.70. The SMILES string of the molecule is CN(C1CCC(NC(=O)OCc2ccccc2)CC1)[C@H]1CCOC1. The van der Waals surface area contributed by atoms with Crippen LogP contribution in [0, 0.1) is 0 Å². The van der Waals surface area contributed by atoms with Gasteiger partial charge in [0, 0.05) is 24.7 Å². The summed E-state index contributed by atoms with van der Waals surface area (Å²) in [4.78, 5) is 14.4. The summed E-state index contributed by atoms with van der Waals surface area (Å²) in [5.41, 5.74) is 1.01. The third-order valence-electron chi connectivity index (χ3n) is 5.29. The lowest BCUT2D eigenvalue weighted by Crippen LogP contribution is -2.46. The Balaban J connectivity index is 1.36. The van der Waals surface area contributed by atoms with E-state index >= 15 is 0 Å². The van der Waals surface area contributed by atoms with Crippen molar-refractivity contribution in [3.05, 3.63) is 35.9 Å². The van der Waals surface area contributed by atoms with E-state index in [0.717, 1.165) is 50.9 Å². The zero-order valence-electron chi connectivity index (χ0n) is 14.4. The molecule has 1 heterocycles. The van der Waals surface area contributed by atoms with Crippen molar-refractivity contribution in [2.45, 2.75) is 56.8 Å². The molecule has 3 rings (SSSR count). The Labute approximate surface area is 144 Å². The molecule has 24 heavy (non-hydrogen) atoms. The standard InChI is InChI=1S/C19H28N2O3/c1-21(18-11-12-23-14-18)17-9-7-16(8-10-17)20-19(22)24-13-15-5-3-2-4-6-15/h2-6,16-18H,7-14H2,1H3,(H,20,22)/t16?,17?,18-/m0/s1. The van der Waals surface area contributed by atoms with E-state index in [-0.39, 0.29) is 12.1 Å². The number of rotatable bonds is 5. The molecule has 1 aromatic carbocycles. The summed E-state index contributed by atoms with van der Waals surface area (Å²) in [7, 11) is 2.21. The lowest BCUT2D eigenvalue weighted by atomic mass is 9.89. The fourth-order valence-corrected chi connectivity index (χ4v) is 3.70. The Hall–Kier alpha value is -1.59. The highest BCUT2D eigenvalue weighted by molar-refractivity contribution is 5.67. The second-order valence-corrected chi connectivity index (χ2v) is 6.89. The van der Waals surface area contributed by atoms with Crippen LogP contribution >= 0.6 is 0 Å². The van der Waals surface area contributed by atoms with Crippen LogP contribution in [0.1, 0.15) is 37.7 Å². The number of carbonyl (C=O) groups is 1. The van der Waals surface area contributed by atoms with Crippen molar-refractivity contribution in [1.29, 1.82) is 0 Å². The van der Waals surface area contributed by atoms with E-state index in [1.165, 1.54) is 0 Å². The van der Waals surface area contributed by atoms with Crippen molar-refractivity contribution in [1.82, 2.24) is 10.2 Å². The van der Waals surface area contributed by atoms with Gasteiger partial charge in [0.25, 0.3) is 0 Å². The van der Waals surface area contributed by atoms with Crippen molar-refractivity contribution in [3.63, 3.8) is 0 Å². The Morgan fingerprint density at radius 3 is 2.58 bits per heavy atom. The number of ether oxygens (including phenoxy) is 2. The van der Waals surface area contributed by atoms with Crippen LogP contribution in [-0.2, 0) is 16.1 Å². The van der Waals surface area contributed by atoms with E-state index < -0.39 is 0 Å². The van der Waals surface area contributed by atoms with Crippen LogP contribution in [0.2, 0.25) is 0 Å². The number of likely N-dealkylation sites (N-methyl/N-ethyl adjacent to an activating group) is 1. The molecular weight excluding hydrogens is 304 g/mol. The van der Waals surface area contributed by atoms with Gasteiger partial charge in [0.05, 0.1) is 6.61 Å². The van der Waals surface area contributed by atoms with Crippen molar-refractivity contribution in [2.24, 2.45) is 0 Å². The maximum Gasteiger partial charge on any atom is 0.407 e. The topological polar surface area (TPSA) is 50.8 Å². The predicted octanol–water partition coefficient (Wildman–Crippen LogP) is 2.94. The molecule has 1 atom stereocenters. The van der Waals surface area contributed by atoms with Crippen molar-refractivity contribution >= 4 is 6.09 Å². The van der Waals surface area contributed by atoms with Crippen LogP contribution in [0.4, 0.5) is 4.79 Å². The van der Waals surface area contributed by atoms with Crippen molar-refractivity contribution in [2.75, 3.05) is 20.3 Å². The van der Waals surface area contributed by atoms with E-state index in [4.69, 9.17) is 9.47 Å². The van der Waals surface area contributed by atoms with Crippen LogP contribution in [0.5, 0.6) is 0 Å². The molecule has 2 fully saturated rings. The molecule has 0 radical (unpaired) electrons. The van der Waals surface area contributed by atoms with Gasteiger partial charge in [-0.05, 0) is 44.7 Å². The quantitative estimate of drug-likeness (QED) is 0.901. The summed E-state index contributed by atoms with van der Waals surface area (Å²) in [5, 5.41) is 3.01. The van der Waals surface area contributed by atoms with Crippen molar-refractivity contribution < 1.29 is 14.3 Å². The summed E-state index contributed by atoms with van der Waals surface area (Å²) in [6.45, 7) is 2.08. The van der Waals surface area contributed by atoms with Crippen LogP contribution < -0.4 is 5.32 Å². The van der Waals surface area contributed by atoms with Crippen molar-refractivity contribution in [3.8, 4) is 0 Å². The molecule has 0 spiro atoms. The van der Waals surface area contributed by atoms with Gasteiger partial charge >= 0.3 is 6.09 Å². The molecule has 1 amide bonds. The number of carbonyl (C=O) groups excluding carboxylic acids is 1. The summed E-state index contributed by atoms with van der Waals surface area (Å²) in [6.07, 6.45) is 5.11. The average Bonchev–Trinajstić information content (AvgIpc) is 3.16. The summed E-state index contributed by atoms with van der Waals surface area (Å²) in [6, 6.07) is 11.2. The number of hydrogen-bond acceptors (Lipinski definition) is 4. The minimum absolute atomic E-state index is 0.234. The molecule has 1 saturated carbocycles. The minimum atomic E-state index is -0.306. The van der Waals surface area contributed by atoms with Gasteiger partial charge in [0.1, 0.15) is 6.61 Å². The predicted molar refractivity (Wildman–Crippen MR) is 92.8 cm³/mol. The van der Waals surface area contributed by atoms with Gasteiger partial charge in [0.2, 0.25) is 0 Å². The molecule has 1 aromatic rings. The zero-order chi connectivity index (χ0) is 16.8. The van der Waals surface area contributed by atoms with Gasteiger partial charge in [0.15, 0.2) is 0 Å². The number of amides is 1. The molecule has 132 valence electrons. The minimum Gasteiger partial charge on any atom is -0.445 e. The van der Waals surface area contributed by atoms with E-state index in [9.17, 15) is 4.79 Å². The number of benzene rings is 1. The maximum absolute atomic E-state index is 11.9. The lowest BCUT2D eigenvalue weighted by molar-refractivity contribution is 0.101.